The number of Topliss-reactive ketones (excluding diaryl/α,β-unsaturated/α-hetero) is 1. The number of nitrogens with zero attached hydrogens (tertiary/aromatic N) is 2. The smallest absolute Gasteiger partial charge is 0.168 e. The molecule has 1 saturated heterocycles. The highest BCUT2D eigenvalue weighted by Gasteiger charge is 2.39. The number of fused-ring (bicyclic) bond motifs is 2. The highest BCUT2D eigenvalue weighted by atomic mass is 16.1. The predicted octanol–water partition coefficient (Wildman–Crippen LogP) is 7.27. The quantitative estimate of drug-likeness (QED) is 0.216. The van der Waals surface area contributed by atoms with Crippen molar-refractivity contribution in [3.8, 4) is 11.1 Å². The Morgan fingerprint density at radius 3 is 2.45 bits per heavy atom. The number of carbonyl (C=O) groups excluding carboxylic acids is 1. The number of rotatable bonds is 7. The first-order valence-electron chi connectivity index (χ1n) is 14.1. The van der Waals surface area contributed by atoms with Crippen LogP contribution < -0.4 is 5.32 Å². The number of aromatic amines is 1. The van der Waals surface area contributed by atoms with Crippen LogP contribution in [0.25, 0.3) is 32.7 Å². The van der Waals surface area contributed by atoms with Crippen LogP contribution >= 0.6 is 0 Å². The second-order valence-electron chi connectivity index (χ2n) is 10.9. The molecule has 40 heavy (non-hydrogen) atoms. The standard InChI is InChI=1S/C35H32N4O/c40-35(28-13-12-24-6-1-2-8-27(24)20-28)33(26-14-17-36-18-15-26)34(32-21-37-23-38-32)39-19-16-29(22-39)31-11-5-9-25-7-3-4-10-30(25)31/h1-13,16,19-23,26,33-34,36H,14-15,17-18H2,(H,37,38). The fraction of sp³-hybridized carbons (Fsp3) is 0.200. The number of piperidine rings is 1. The van der Waals surface area contributed by atoms with E-state index in [2.05, 4.69) is 105 Å². The van der Waals surface area contributed by atoms with Crippen LogP contribution in [0.2, 0.25) is 0 Å². The number of imidazole rings is 1. The number of hydrogen-bond acceptors (Lipinski definition) is 3. The van der Waals surface area contributed by atoms with Crippen LogP contribution in [-0.4, -0.2) is 33.4 Å². The summed E-state index contributed by atoms with van der Waals surface area (Å²) in [6.45, 7) is 1.85. The van der Waals surface area contributed by atoms with Crippen LogP contribution in [0, 0.1) is 11.8 Å². The Bertz CT molecular complexity index is 1770. The second kappa shape index (κ2) is 10.6. The Morgan fingerprint density at radius 2 is 1.62 bits per heavy atom. The van der Waals surface area contributed by atoms with Crippen LogP contribution in [0.3, 0.4) is 0 Å². The minimum absolute atomic E-state index is 0.192. The predicted molar refractivity (Wildman–Crippen MR) is 161 cm³/mol. The van der Waals surface area contributed by atoms with Crippen molar-refractivity contribution in [2.24, 2.45) is 11.8 Å². The van der Waals surface area contributed by atoms with E-state index in [1.165, 1.54) is 16.3 Å². The van der Waals surface area contributed by atoms with Crippen molar-refractivity contribution in [2.45, 2.75) is 18.9 Å². The van der Waals surface area contributed by atoms with Crippen LogP contribution in [0.15, 0.2) is 116 Å². The molecule has 6 aromatic rings. The van der Waals surface area contributed by atoms with E-state index in [1.54, 1.807) is 6.33 Å². The third-order valence-electron chi connectivity index (χ3n) is 8.54. The maximum atomic E-state index is 14.6. The van der Waals surface area contributed by atoms with E-state index >= 15 is 0 Å². The number of hydrogen-bond donors (Lipinski definition) is 2. The van der Waals surface area contributed by atoms with Crippen LogP contribution in [-0.2, 0) is 0 Å². The van der Waals surface area contributed by atoms with E-state index in [0.717, 1.165) is 53.5 Å². The lowest BCUT2D eigenvalue weighted by Crippen LogP contribution is -2.39. The fourth-order valence-corrected chi connectivity index (χ4v) is 6.54. The van der Waals surface area contributed by atoms with Gasteiger partial charge in [0.2, 0.25) is 0 Å². The zero-order valence-corrected chi connectivity index (χ0v) is 22.3. The van der Waals surface area contributed by atoms with Gasteiger partial charge in [-0.25, -0.2) is 4.98 Å². The Balaban J connectivity index is 1.35. The van der Waals surface area contributed by atoms with Crippen LogP contribution in [0.4, 0.5) is 0 Å². The molecule has 1 aliphatic heterocycles. The summed E-state index contributed by atoms with van der Waals surface area (Å²) in [5.41, 5.74) is 4.06. The maximum absolute atomic E-state index is 14.6. The molecular formula is C35H32N4O. The molecular weight excluding hydrogens is 492 g/mol. The molecule has 2 unspecified atom stereocenters. The molecule has 0 bridgehead atoms. The molecule has 2 N–H and O–H groups in total. The Labute approximate surface area is 233 Å². The second-order valence-corrected chi connectivity index (χ2v) is 10.9. The first-order chi connectivity index (χ1) is 19.8. The van der Waals surface area contributed by atoms with Gasteiger partial charge in [0.25, 0.3) is 0 Å². The Morgan fingerprint density at radius 1 is 0.850 bits per heavy atom. The average molecular weight is 525 g/mol. The van der Waals surface area contributed by atoms with E-state index in [0.29, 0.717) is 0 Å². The average Bonchev–Trinajstić information content (AvgIpc) is 3.73. The van der Waals surface area contributed by atoms with Crippen molar-refractivity contribution < 1.29 is 4.79 Å². The van der Waals surface area contributed by atoms with Crippen LogP contribution in [0.1, 0.15) is 34.9 Å². The van der Waals surface area contributed by atoms with Gasteiger partial charge in [-0.2, -0.15) is 0 Å². The molecule has 5 heteroatoms. The van der Waals surface area contributed by atoms with Gasteiger partial charge in [-0.1, -0.05) is 78.9 Å². The Kier molecular flexibility index (Phi) is 6.50. The lowest BCUT2D eigenvalue weighted by Gasteiger charge is -2.35. The van der Waals surface area contributed by atoms with Gasteiger partial charge in [0, 0.05) is 18.0 Å². The van der Waals surface area contributed by atoms with Crippen LogP contribution in [0.5, 0.6) is 0 Å². The topological polar surface area (TPSA) is 62.7 Å². The van der Waals surface area contributed by atoms with Crippen molar-refractivity contribution in [2.75, 3.05) is 13.1 Å². The van der Waals surface area contributed by atoms with Crippen molar-refractivity contribution in [1.29, 1.82) is 0 Å². The van der Waals surface area contributed by atoms with Gasteiger partial charge in [0.1, 0.15) is 0 Å². The van der Waals surface area contributed by atoms with E-state index in [-0.39, 0.29) is 23.7 Å². The third-order valence-corrected chi connectivity index (χ3v) is 8.54. The molecule has 0 radical (unpaired) electrons. The van der Waals surface area contributed by atoms with Gasteiger partial charge in [-0.3, -0.25) is 4.79 Å². The highest BCUT2D eigenvalue weighted by Crippen LogP contribution is 2.39. The number of benzene rings is 4. The van der Waals surface area contributed by atoms with Gasteiger partial charge in [0.05, 0.1) is 30.2 Å². The molecule has 0 saturated carbocycles. The molecule has 7 rings (SSSR count). The molecule has 4 aromatic carbocycles. The zero-order valence-electron chi connectivity index (χ0n) is 22.3. The minimum atomic E-state index is -0.239. The largest absolute Gasteiger partial charge is 0.347 e. The SMILES string of the molecule is O=C(c1ccc2ccccc2c1)C(C1CCNCC1)C(c1cnc[nH]1)n1ccc(-c2cccc3ccccc23)c1. The number of ketones is 1. The first-order valence-corrected chi connectivity index (χ1v) is 14.1. The van der Waals surface area contributed by atoms with Crippen molar-refractivity contribution in [3.63, 3.8) is 0 Å². The van der Waals surface area contributed by atoms with E-state index in [4.69, 9.17) is 0 Å². The molecule has 198 valence electrons. The maximum Gasteiger partial charge on any atom is 0.168 e. The van der Waals surface area contributed by atoms with Gasteiger partial charge >= 0.3 is 0 Å². The Hall–Kier alpha value is -4.48. The van der Waals surface area contributed by atoms with E-state index in [9.17, 15) is 4.79 Å². The van der Waals surface area contributed by atoms with Gasteiger partial charge < -0.3 is 14.9 Å². The molecule has 1 fully saturated rings. The fourth-order valence-electron chi connectivity index (χ4n) is 6.54. The highest BCUT2D eigenvalue weighted by molar-refractivity contribution is 6.02. The van der Waals surface area contributed by atoms with Gasteiger partial charge in [-0.05, 0) is 76.7 Å². The summed E-state index contributed by atoms with van der Waals surface area (Å²) in [4.78, 5) is 22.3. The third kappa shape index (κ3) is 4.52. The van der Waals surface area contributed by atoms with Crippen molar-refractivity contribution in [3.05, 3.63) is 127 Å². The molecule has 0 amide bonds. The summed E-state index contributed by atoms with van der Waals surface area (Å²) >= 11 is 0. The molecule has 0 aliphatic carbocycles. The summed E-state index contributed by atoms with van der Waals surface area (Å²) in [7, 11) is 0. The minimum Gasteiger partial charge on any atom is -0.347 e. The molecule has 2 aromatic heterocycles. The number of carbonyl (C=O) groups is 1. The lowest BCUT2D eigenvalue weighted by atomic mass is 9.75. The van der Waals surface area contributed by atoms with Gasteiger partial charge in [-0.15, -0.1) is 0 Å². The molecule has 3 heterocycles. The lowest BCUT2D eigenvalue weighted by molar-refractivity contribution is 0.0796. The summed E-state index contributed by atoms with van der Waals surface area (Å²) in [6, 6.07) is 31.3. The van der Waals surface area contributed by atoms with Gasteiger partial charge in [0.15, 0.2) is 5.78 Å². The number of H-pyrrole nitrogens is 1. The summed E-state index contributed by atoms with van der Waals surface area (Å²) in [5.74, 6) is 0.200. The van der Waals surface area contributed by atoms with E-state index in [1.807, 2.05) is 24.4 Å². The molecule has 5 nitrogen and oxygen atoms in total. The summed E-state index contributed by atoms with van der Waals surface area (Å²) in [6.07, 6.45) is 9.86. The molecule has 0 spiro atoms. The molecule has 2 atom stereocenters. The monoisotopic (exact) mass is 524 g/mol. The zero-order chi connectivity index (χ0) is 26.9. The summed E-state index contributed by atoms with van der Waals surface area (Å²) < 4.78 is 2.23. The number of nitrogens with one attached hydrogen (secondary N) is 2. The molecule has 1 aliphatic rings. The van der Waals surface area contributed by atoms with E-state index < -0.39 is 0 Å². The summed E-state index contributed by atoms with van der Waals surface area (Å²) in [5, 5.41) is 8.17. The van der Waals surface area contributed by atoms with Crippen molar-refractivity contribution in [1.82, 2.24) is 19.9 Å². The first kappa shape index (κ1) is 24.6. The number of aromatic nitrogens is 3. The normalized spacial score (nSPS) is 15.8. The van der Waals surface area contributed by atoms with Crippen molar-refractivity contribution >= 4 is 27.3 Å².